The van der Waals surface area contributed by atoms with Crippen LogP contribution in [0.5, 0.6) is 5.75 Å². The van der Waals surface area contributed by atoms with Crippen molar-refractivity contribution in [1.29, 1.82) is 0 Å². The average molecular weight is 271 g/mol. The standard InChI is InChI=1S/C14H19ClO3/c1-10-7-12(8-11(2)13(10)15)18-9-14(16)3-5-17-6-4-14/h7-8,16H,3-6,9H2,1-2H3. The highest BCUT2D eigenvalue weighted by molar-refractivity contribution is 6.32. The fourth-order valence-electron chi connectivity index (χ4n) is 2.10. The van der Waals surface area contributed by atoms with Crippen molar-refractivity contribution in [2.24, 2.45) is 0 Å². The summed E-state index contributed by atoms with van der Waals surface area (Å²) in [7, 11) is 0. The van der Waals surface area contributed by atoms with Gasteiger partial charge in [0.2, 0.25) is 0 Å². The van der Waals surface area contributed by atoms with Crippen LogP contribution in [0, 0.1) is 13.8 Å². The Morgan fingerprint density at radius 2 is 1.83 bits per heavy atom. The normalized spacial score (nSPS) is 18.7. The zero-order valence-electron chi connectivity index (χ0n) is 10.8. The summed E-state index contributed by atoms with van der Waals surface area (Å²) < 4.78 is 10.9. The van der Waals surface area contributed by atoms with Gasteiger partial charge in [0, 0.05) is 31.1 Å². The Labute approximate surface area is 113 Å². The number of ether oxygens (including phenoxy) is 2. The minimum absolute atomic E-state index is 0.302. The van der Waals surface area contributed by atoms with Gasteiger partial charge in [0.05, 0.1) is 0 Å². The van der Waals surface area contributed by atoms with Crippen molar-refractivity contribution in [2.45, 2.75) is 32.3 Å². The molecule has 0 spiro atoms. The summed E-state index contributed by atoms with van der Waals surface area (Å²) in [6, 6.07) is 3.80. The molecule has 0 radical (unpaired) electrons. The molecule has 1 aliphatic rings. The molecule has 1 saturated heterocycles. The Kier molecular flexibility index (Phi) is 4.15. The van der Waals surface area contributed by atoms with Crippen molar-refractivity contribution in [2.75, 3.05) is 19.8 Å². The Morgan fingerprint density at radius 3 is 2.39 bits per heavy atom. The number of hydrogen-bond acceptors (Lipinski definition) is 3. The fourth-order valence-corrected chi connectivity index (χ4v) is 2.21. The molecular formula is C14H19ClO3. The first-order valence-corrected chi connectivity index (χ1v) is 6.58. The van der Waals surface area contributed by atoms with E-state index in [1.54, 1.807) is 0 Å². The van der Waals surface area contributed by atoms with Gasteiger partial charge in [0.15, 0.2) is 0 Å². The third-order valence-electron chi connectivity index (χ3n) is 3.34. The molecule has 0 saturated carbocycles. The fraction of sp³-hybridized carbons (Fsp3) is 0.571. The Bertz CT molecular complexity index is 402. The van der Waals surface area contributed by atoms with Crippen molar-refractivity contribution in [3.05, 3.63) is 28.3 Å². The number of halogens is 1. The van der Waals surface area contributed by atoms with Crippen LogP contribution < -0.4 is 4.74 Å². The lowest BCUT2D eigenvalue weighted by molar-refractivity contribution is -0.0855. The van der Waals surface area contributed by atoms with Crippen LogP contribution in [0.1, 0.15) is 24.0 Å². The van der Waals surface area contributed by atoms with E-state index in [4.69, 9.17) is 21.1 Å². The summed E-state index contributed by atoms with van der Waals surface area (Å²) in [5.74, 6) is 0.759. The van der Waals surface area contributed by atoms with Crippen LogP contribution in [0.3, 0.4) is 0 Å². The number of rotatable bonds is 3. The largest absolute Gasteiger partial charge is 0.491 e. The topological polar surface area (TPSA) is 38.7 Å². The lowest BCUT2D eigenvalue weighted by Crippen LogP contribution is -2.41. The summed E-state index contributed by atoms with van der Waals surface area (Å²) in [4.78, 5) is 0. The Hall–Kier alpha value is -0.770. The van der Waals surface area contributed by atoms with Crippen LogP contribution >= 0.6 is 11.6 Å². The smallest absolute Gasteiger partial charge is 0.120 e. The lowest BCUT2D eigenvalue weighted by atomic mass is 9.96. The van der Waals surface area contributed by atoms with Crippen LogP contribution in [0.25, 0.3) is 0 Å². The highest BCUT2D eigenvalue weighted by atomic mass is 35.5. The van der Waals surface area contributed by atoms with Crippen molar-refractivity contribution in [3.63, 3.8) is 0 Å². The molecule has 0 bridgehead atoms. The van der Waals surface area contributed by atoms with E-state index >= 15 is 0 Å². The van der Waals surface area contributed by atoms with E-state index in [0.717, 1.165) is 21.9 Å². The van der Waals surface area contributed by atoms with Gasteiger partial charge < -0.3 is 14.6 Å². The third-order valence-corrected chi connectivity index (χ3v) is 3.94. The van der Waals surface area contributed by atoms with Crippen LogP contribution in [0.2, 0.25) is 5.02 Å². The molecule has 1 aromatic carbocycles. The van der Waals surface area contributed by atoms with Crippen molar-refractivity contribution in [3.8, 4) is 5.75 Å². The van der Waals surface area contributed by atoms with E-state index in [-0.39, 0.29) is 0 Å². The molecule has 2 rings (SSSR count). The van der Waals surface area contributed by atoms with E-state index in [1.807, 2.05) is 26.0 Å². The first kappa shape index (κ1) is 13.7. The van der Waals surface area contributed by atoms with Crippen molar-refractivity contribution in [1.82, 2.24) is 0 Å². The molecule has 1 aliphatic heterocycles. The first-order valence-electron chi connectivity index (χ1n) is 6.20. The molecule has 1 N–H and O–H groups in total. The minimum atomic E-state index is -0.764. The number of aryl methyl sites for hydroxylation is 2. The molecule has 1 heterocycles. The summed E-state index contributed by atoms with van der Waals surface area (Å²) in [6.45, 7) is 5.39. The SMILES string of the molecule is Cc1cc(OCC2(O)CCOCC2)cc(C)c1Cl. The molecule has 0 aromatic heterocycles. The highest BCUT2D eigenvalue weighted by Gasteiger charge is 2.30. The maximum Gasteiger partial charge on any atom is 0.120 e. The second-order valence-corrected chi connectivity index (χ2v) is 5.37. The molecule has 0 aliphatic carbocycles. The molecular weight excluding hydrogens is 252 g/mol. The molecule has 4 heteroatoms. The number of hydrogen-bond donors (Lipinski definition) is 1. The molecule has 0 amide bonds. The Morgan fingerprint density at radius 1 is 1.28 bits per heavy atom. The predicted molar refractivity (Wildman–Crippen MR) is 71.4 cm³/mol. The van der Waals surface area contributed by atoms with Gasteiger partial charge in [-0.2, -0.15) is 0 Å². The van der Waals surface area contributed by atoms with Gasteiger partial charge in [0.25, 0.3) is 0 Å². The second kappa shape index (κ2) is 5.47. The van der Waals surface area contributed by atoms with E-state index in [1.165, 1.54) is 0 Å². The zero-order valence-corrected chi connectivity index (χ0v) is 11.6. The molecule has 0 unspecified atom stereocenters. The first-order chi connectivity index (χ1) is 8.50. The van der Waals surface area contributed by atoms with E-state index in [0.29, 0.717) is 32.7 Å². The van der Waals surface area contributed by atoms with Crippen LogP contribution in [-0.4, -0.2) is 30.5 Å². The minimum Gasteiger partial charge on any atom is -0.491 e. The lowest BCUT2D eigenvalue weighted by Gasteiger charge is -2.31. The van der Waals surface area contributed by atoms with Gasteiger partial charge in [-0.25, -0.2) is 0 Å². The van der Waals surface area contributed by atoms with E-state index in [9.17, 15) is 5.11 Å². The molecule has 100 valence electrons. The molecule has 1 fully saturated rings. The zero-order chi connectivity index (χ0) is 13.2. The average Bonchev–Trinajstić information content (AvgIpc) is 2.34. The van der Waals surface area contributed by atoms with Crippen LogP contribution in [0.15, 0.2) is 12.1 Å². The number of benzene rings is 1. The molecule has 1 aromatic rings. The molecule has 0 atom stereocenters. The van der Waals surface area contributed by atoms with Gasteiger partial charge in [-0.1, -0.05) is 11.6 Å². The number of aliphatic hydroxyl groups is 1. The van der Waals surface area contributed by atoms with E-state index in [2.05, 4.69) is 0 Å². The van der Waals surface area contributed by atoms with Crippen molar-refractivity contribution < 1.29 is 14.6 Å². The summed E-state index contributed by atoms with van der Waals surface area (Å²) in [5, 5.41) is 11.1. The Balaban J connectivity index is 2.01. The maximum absolute atomic E-state index is 10.3. The van der Waals surface area contributed by atoms with Crippen molar-refractivity contribution >= 4 is 11.6 Å². The molecule has 3 nitrogen and oxygen atoms in total. The van der Waals surface area contributed by atoms with Gasteiger partial charge in [-0.15, -0.1) is 0 Å². The summed E-state index contributed by atoms with van der Waals surface area (Å²) in [5.41, 5.74) is 1.22. The quantitative estimate of drug-likeness (QED) is 0.918. The highest BCUT2D eigenvalue weighted by Crippen LogP contribution is 2.27. The van der Waals surface area contributed by atoms with E-state index < -0.39 is 5.60 Å². The maximum atomic E-state index is 10.3. The third kappa shape index (κ3) is 3.16. The van der Waals surface area contributed by atoms with Gasteiger partial charge in [-0.3, -0.25) is 0 Å². The van der Waals surface area contributed by atoms with Gasteiger partial charge >= 0.3 is 0 Å². The van der Waals surface area contributed by atoms with Gasteiger partial charge in [-0.05, 0) is 37.1 Å². The van der Waals surface area contributed by atoms with Gasteiger partial charge in [0.1, 0.15) is 18.0 Å². The van der Waals surface area contributed by atoms with Crippen LogP contribution in [0.4, 0.5) is 0 Å². The monoisotopic (exact) mass is 270 g/mol. The second-order valence-electron chi connectivity index (χ2n) is 5.00. The summed E-state index contributed by atoms with van der Waals surface area (Å²) >= 11 is 6.10. The molecule has 18 heavy (non-hydrogen) atoms. The predicted octanol–water partition coefficient (Wildman–Crippen LogP) is 2.88. The summed E-state index contributed by atoms with van der Waals surface area (Å²) in [6.07, 6.45) is 1.25. The van der Waals surface area contributed by atoms with Crippen LogP contribution in [-0.2, 0) is 4.74 Å².